The molecule has 0 saturated heterocycles. The number of nitrogens with zero attached hydrogens (tertiary/aromatic N) is 2. The number of hydrogen-bond donors (Lipinski definition) is 2. The molecule has 0 spiro atoms. The van der Waals surface area contributed by atoms with Crippen LogP contribution in [0.1, 0.15) is 12.8 Å². The van der Waals surface area contributed by atoms with Crippen LogP contribution in [-0.2, 0) is 0 Å². The van der Waals surface area contributed by atoms with Crippen LogP contribution in [0.3, 0.4) is 0 Å². The van der Waals surface area contributed by atoms with Crippen molar-refractivity contribution in [2.45, 2.75) is 18.9 Å². The number of rotatable bonds is 4. The van der Waals surface area contributed by atoms with Crippen LogP contribution in [0.5, 0.6) is 0 Å². The number of halogens is 1. The molecule has 0 atom stereocenters. The molecule has 0 amide bonds. The van der Waals surface area contributed by atoms with E-state index in [9.17, 15) is 4.39 Å². The maximum absolute atomic E-state index is 12.8. The van der Waals surface area contributed by atoms with Gasteiger partial charge in [0.05, 0.1) is 0 Å². The number of nitrogens with one attached hydrogen (secondary N) is 2. The maximum atomic E-state index is 12.8. The second kappa shape index (κ2) is 4.60. The van der Waals surface area contributed by atoms with Gasteiger partial charge in [0.25, 0.3) is 0 Å². The number of anilines is 3. The number of aromatic nitrogens is 2. The lowest BCUT2D eigenvalue weighted by molar-refractivity contribution is 0.628. The molecular formula is C13H13FN4. The van der Waals surface area contributed by atoms with Crippen molar-refractivity contribution in [3.05, 3.63) is 42.5 Å². The van der Waals surface area contributed by atoms with Crippen LogP contribution in [0.15, 0.2) is 36.7 Å². The van der Waals surface area contributed by atoms with Crippen molar-refractivity contribution in [1.82, 2.24) is 9.97 Å². The van der Waals surface area contributed by atoms with Gasteiger partial charge in [0, 0.05) is 17.8 Å². The van der Waals surface area contributed by atoms with Crippen LogP contribution in [0.25, 0.3) is 0 Å². The van der Waals surface area contributed by atoms with E-state index in [0.717, 1.165) is 11.5 Å². The summed E-state index contributed by atoms with van der Waals surface area (Å²) in [5.41, 5.74) is 0.799. The molecule has 2 N–H and O–H groups in total. The fourth-order valence-electron chi connectivity index (χ4n) is 1.62. The van der Waals surface area contributed by atoms with Crippen LogP contribution in [-0.4, -0.2) is 16.0 Å². The first-order chi connectivity index (χ1) is 8.79. The number of benzene rings is 1. The van der Waals surface area contributed by atoms with Gasteiger partial charge < -0.3 is 10.6 Å². The van der Waals surface area contributed by atoms with Crippen molar-refractivity contribution in [2.75, 3.05) is 10.6 Å². The van der Waals surface area contributed by atoms with Gasteiger partial charge in [-0.3, -0.25) is 0 Å². The Kier molecular flexibility index (Phi) is 2.80. The first kappa shape index (κ1) is 11.0. The third kappa shape index (κ3) is 2.74. The average Bonchev–Trinajstić information content (AvgIpc) is 3.17. The standard InChI is InChI=1S/C13H13FN4/c14-9-1-3-10(4-2-9)17-12-7-13(16-8-15-12)18-11-5-6-11/h1-4,7-8,11H,5-6H2,(H2,15,16,17,18). The summed E-state index contributed by atoms with van der Waals surface area (Å²) in [4.78, 5) is 8.28. The van der Waals surface area contributed by atoms with Crippen molar-refractivity contribution in [2.24, 2.45) is 0 Å². The first-order valence-corrected chi connectivity index (χ1v) is 5.91. The smallest absolute Gasteiger partial charge is 0.135 e. The molecule has 1 heterocycles. The highest BCUT2D eigenvalue weighted by Gasteiger charge is 2.21. The van der Waals surface area contributed by atoms with Crippen molar-refractivity contribution in [1.29, 1.82) is 0 Å². The topological polar surface area (TPSA) is 49.8 Å². The summed E-state index contributed by atoms with van der Waals surface area (Å²) in [5, 5.41) is 6.41. The molecule has 0 radical (unpaired) electrons. The fourth-order valence-corrected chi connectivity index (χ4v) is 1.62. The highest BCUT2D eigenvalue weighted by molar-refractivity contribution is 5.58. The highest BCUT2D eigenvalue weighted by atomic mass is 19.1. The highest BCUT2D eigenvalue weighted by Crippen LogP contribution is 2.24. The molecule has 5 heteroatoms. The fraction of sp³-hybridized carbons (Fsp3) is 0.231. The molecule has 92 valence electrons. The molecule has 3 rings (SSSR count). The molecule has 1 aromatic carbocycles. The summed E-state index contributed by atoms with van der Waals surface area (Å²) >= 11 is 0. The van der Waals surface area contributed by atoms with E-state index in [1.807, 2.05) is 6.07 Å². The molecule has 0 aliphatic heterocycles. The van der Waals surface area contributed by atoms with E-state index in [2.05, 4.69) is 20.6 Å². The predicted octanol–water partition coefficient (Wildman–Crippen LogP) is 2.93. The minimum absolute atomic E-state index is 0.251. The van der Waals surface area contributed by atoms with Crippen molar-refractivity contribution in [3.63, 3.8) is 0 Å². The van der Waals surface area contributed by atoms with E-state index in [4.69, 9.17) is 0 Å². The van der Waals surface area contributed by atoms with Gasteiger partial charge in [-0.05, 0) is 37.1 Å². The Morgan fingerprint density at radius 2 is 1.78 bits per heavy atom. The van der Waals surface area contributed by atoms with E-state index >= 15 is 0 Å². The van der Waals surface area contributed by atoms with E-state index in [-0.39, 0.29) is 5.82 Å². The third-order valence-corrected chi connectivity index (χ3v) is 2.71. The van der Waals surface area contributed by atoms with Crippen LogP contribution in [0.2, 0.25) is 0 Å². The third-order valence-electron chi connectivity index (χ3n) is 2.71. The molecule has 2 aromatic rings. The Morgan fingerprint density at radius 3 is 2.50 bits per heavy atom. The van der Waals surface area contributed by atoms with Gasteiger partial charge in [0.1, 0.15) is 23.8 Å². The monoisotopic (exact) mass is 244 g/mol. The minimum Gasteiger partial charge on any atom is -0.367 e. The summed E-state index contributed by atoms with van der Waals surface area (Å²) < 4.78 is 12.8. The van der Waals surface area contributed by atoms with E-state index < -0.39 is 0 Å². The van der Waals surface area contributed by atoms with Gasteiger partial charge in [-0.25, -0.2) is 14.4 Å². The molecule has 1 fully saturated rings. The molecule has 0 bridgehead atoms. The van der Waals surface area contributed by atoms with Crippen LogP contribution in [0.4, 0.5) is 21.7 Å². The molecular weight excluding hydrogens is 231 g/mol. The quantitative estimate of drug-likeness (QED) is 0.868. The largest absolute Gasteiger partial charge is 0.367 e. The number of hydrogen-bond acceptors (Lipinski definition) is 4. The maximum Gasteiger partial charge on any atom is 0.135 e. The van der Waals surface area contributed by atoms with Crippen LogP contribution < -0.4 is 10.6 Å². The van der Waals surface area contributed by atoms with Gasteiger partial charge in [-0.1, -0.05) is 0 Å². The van der Waals surface area contributed by atoms with E-state index in [1.54, 1.807) is 12.1 Å². The van der Waals surface area contributed by atoms with E-state index in [1.165, 1.54) is 31.3 Å². The van der Waals surface area contributed by atoms with Gasteiger partial charge >= 0.3 is 0 Å². The second-order valence-electron chi connectivity index (χ2n) is 4.34. The molecule has 1 aliphatic rings. The Labute approximate surface area is 104 Å². The zero-order valence-corrected chi connectivity index (χ0v) is 9.73. The zero-order chi connectivity index (χ0) is 12.4. The molecule has 1 saturated carbocycles. The molecule has 0 unspecified atom stereocenters. The van der Waals surface area contributed by atoms with Crippen molar-refractivity contribution in [3.8, 4) is 0 Å². The lowest BCUT2D eigenvalue weighted by Crippen LogP contribution is -2.04. The summed E-state index contributed by atoms with van der Waals surface area (Å²) in [7, 11) is 0. The minimum atomic E-state index is -0.251. The zero-order valence-electron chi connectivity index (χ0n) is 9.73. The summed E-state index contributed by atoms with van der Waals surface area (Å²) in [6, 6.07) is 8.57. The van der Waals surface area contributed by atoms with Crippen molar-refractivity contribution < 1.29 is 4.39 Å². The van der Waals surface area contributed by atoms with Gasteiger partial charge in [0.2, 0.25) is 0 Å². The lowest BCUT2D eigenvalue weighted by Gasteiger charge is -2.07. The first-order valence-electron chi connectivity index (χ1n) is 5.91. The van der Waals surface area contributed by atoms with Gasteiger partial charge in [-0.2, -0.15) is 0 Å². The normalized spacial score (nSPS) is 14.3. The van der Waals surface area contributed by atoms with Crippen LogP contribution >= 0.6 is 0 Å². The Balaban J connectivity index is 1.73. The predicted molar refractivity (Wildman–Crippen MR) is 68.4 cm³/mol. The average molecular weight is 244 g/mol. The summed E-state index contributed by atoms with van der Waals surface area (Å²) in [6.45, 7) is 0. The summed E-state index contributed by atoms with van der Waals surface area (Å²) in [6.07, 6.45) is 3.91. The Bertz CT molecular complexity index is 537. The lowest BCUT2D eigenvalue weighted by atomic mass is 10.3. The summed E-state index contributed by atoms with van der Waals surface area (Å²) in [5.74, 6) is 1.26. The van der Waals surface area contributed by atoms with Crippen molar-refractivity contribution >= 4 is 17.3 Å². The van der Waals surface area contributed by atoms with Crippen LogP contribution in [0, 0.1) is 5.82 Å². The SMILES string of the molecule is Fc1ccc(Nc2cc(NC3CC3)ncn2)cc1. The molecule has 1 aromatic heterocycles. The molecule has 1 aliphatic carbocycles. The molecule has 4 nitrogen and oxygen atoms in total. The second-order valence-corrected chi connectivity index (χ2v) is 4.34. The Morgan fingerprint density at radius 1 is 1.06 bits per heavy atom. The molecule has 18 heavy (non-hydrogen) atoms. The van der Waals surface area contributed by atoms with E-state index in [0.29, 0.717) is 11.9 Å². The Hall–Kier alpha value is -2.17. The van der Waals surface area contributed by atoms with Gasteiger partial charge in [0.15, 0.2) is 0 Å². The van der Waals surface area contributed by atoms with Gasteiger partial charge in [-0.15, -0.1) is 0 Å².